The summed E-state index contributed by atoms with van der Waals surface area (Å²) in [6, 6.07) is 0. The molecule has 0 aliphatic carbocycles. The van der Waals surface area contributed by atoms with Crippen LogP contribution in [0.1, 0.15) is 44.9 Å². The van der Waals surface area contributed by atoms with Gasteiger partial charge in [0.05, 0.1) is 6.61 Å². The number of H-pyrrole nitrogens is 1. The summed E-state index contributed by atoms with van der Waals surface area (Å²) in [6.07, 6.45) is 1.72. The first-order valence-electron chi connectivity index (χ1n) is 7.32. The quantitative estimate of drug-likeness (QED) is 0.888. The first-order chi connectivity index (χ1) is 9.67. The summed E-state index contributed by atoms with van der Waals surface area (Å²) in [5.74, 6) is 0.530. The van der Waals surface area contributed by atoms with E-state index in [-0.39, 0.29) is 17.0 Å². The zero-order valence-electron chi connectivity index (χ0n) is 13.2. The first-order valence-corrected chi connectivity index (χ1v) is 8.76. The van der Waals surface area contributed by atoms with E-state index in [4.69, 9.17) is 0 Å². The maximum absolute atomic E-state index is 12.7. The number of hydrogen-bond acceptors (Lipinski definition) is 4. The monoisotopic (exact) mass is 315 g/mol. The predicted octanol–water partition coefficient (Wildman–Crippen LogP) is 1.66. The molecule has 7 heteroatoms. The predicted molar refractivity (Wildman–Crippen MR) is 80.2 cm³/mol. The maximum atomic E-state index is 12.7. The molecule has 120 valence electrons. The molecule has 0 atom stereocenters. The molecule has 1 saturated heterocycles. The van der Waals surface area contributed by atoms with E-state index < -0.39 is 10.0 Å². The van der Waals surface area contributed by atoms with Gasteiger partial charge in [0.2, 0.25) is 0 Å². The van der Waals surface area contributed by atoms with Gasteiger partial charge in [-0.05, 0) is 31.1 Å². The van der Waals surface area contributed by atoms with Crippen LogP contribution in [0.15, 0.2) is 5.03 Å². The van der Waals surface area contributed by atoms with Crippen molar-refractivity contribution in [2.75, 3.05) is 13.1 Å². The lowest BCUT2D eigenvalue weighted by molar-refractivity contribution is 0.153. The zero-order valence-corrected chi connectivity index (χ0v) is 14.0. The third-order valence-electron chi connectivity index (χ3n) is 4.46. The molecule has 0 bridgehead atoms. The molecule has 0 unspecified atom stereocenters. The Morgan fingerprint density at radius 2 is 1.90 bits per heavy atom. The second kappa shape index (κ2) is 5.70. The number of aryl methyl sites for hydroxylation is 1. The number of aromatic amines is 1. The Kier molecular flexibility index (Phi) is 4.46. The molecule has 0 saturated carbocycles. The minimum atomic E-state index is -3.62. The van der Waals surface area contributed by atoms with Crippen LogP contribution in [-0.4, -0.2) is 41.1 Å². The third-order valence-corrected chi connectivity index (χ3v) is 6.33. The molecule has 1 aromatic heterocycles. The van der Waals surface area contributed by atoms with Crippen LogP contribution in [0.4, 0.5) is 0 Å². The number of aliphatic hydroxyl groups excluding tert-OH is 1. The molecular formula is C14H25N3O3S. The van der Waals surface area contributed by atoms with Gasteiger partial charge in [-0.2, -0.15) is 9.40 Å². The van der Waals surface area contributed by atoms with Crippen molar-refractivity contribution in [1.82, 2.24) is 14.5 Å². The molecule has 0 aromatic carbocycles. The van der Waals surface area contributed by atoms with Crippen LogP contribution in [0, 0.1) is 18.3 Å². The molecular weight excluding hydrogens is 290 g/mol. The molecule has 0 radical (unpaired) electrons. The standard InChI is InChI=1S/C14H25N3O3S/c1-10-12(9-18)13(16-15-10)21(19,20)17-7-5-11(6-8-17)14(2,3)4/h11,18H,5-9H2,1-4H3,(H,15,16). The van der Waals surface area contributed by atoms with E-state index in [1.807, 2.05) is 0 Å². The van der Waals surface area contributed by atoms with Crippen molar-refractivity contribution in [2.45, 2.75) is 52.2 Å². The number of aromatic nitrogens is 2. The highest BCUT2D eigenvalue weighted by Gasteiger charge is 2.36. The first kappa shape index (κ1) is 16.5. The van der Waals surface area contributed by atoms with Crippen LogP contribution in [0.25, 0.3) is 0 Å². The van der Waals surface area contributed by atoms with Gasteiger partial charge in [-0.1, -0.05) is 20.8 Å². The Balaban J connectivity index is 2.19. The van der Waals surface area contributed by atoms with Gasteiger partial charge in [0, 0.05) is 24.3 Å². The molecule has 6 nitrogen and oxygen atoms in total. The van der Waals surface area contributed by atoms with Gasteiger partial charge in [0.25, 0.3) is 10.0 Å². The average Bonchev–Trinajstić information content (AvgIpc) is 2.79. The van der Waals surface area contributed by atoms with E-state index >= 15 is 0 Å². The third kappa shape index (κ3) is 3.14. The Morgan fingerprint density at radius 3 is 2.38 bits per heavy atom. The highest BCUT2D eigenvalue weighted by molar-refractivity contribution is 7.89. The van der Waals surface area contributed by atoms with Crippen LogP contribution in [0.5, 0.6) is 0 Å². The van der Waals surface area contributed by atoms with Crippen LogP contribution < -0.4 is 0 Å². The average molecular weight is 315 g/mol. The number of nitrogens with zero attached hydrogens (tertiary/aromatic N) is 2. The zero-order chi connectivity index (χ0) is 15.8. The summed E-state index contributed by atoms with van der Waals surface area (Å²) in [5, 5.41) is 15.9. The van der Waals surface area contributed by atoms with Gasteiger partial charge in [0.1, 0.15) is 0 Å². The molecule has 0 spiro atoms. The number of nitrogens with one attached hydrogen (secondary N) is 1. The number of aliphatic hydroxyl groups is 1. The number of sulfonamides is 1. The van der Waals surface area contributed by atoms with Gasteiger partial charge in [0.15, 0.2) is 5.03 Å². The summed E-state index contributed by atoms with van der Waals surface area (Å²) >= 11 is 0. The summed E-state index contributed by atoms with van der Waals surface area (Å²) in [4.78, 5) is 0. The second-order valence-electron chi connectivity index (χ2n) is 6.83. The normalized spacial score (nSPS) is 19.1. The highest BCUT2D eigenvalue weighted by Crippen LogP contribution is 2.35. The second-order valence-corrected chi connectivity index (χ2v) is 8.69. The fourth-order valence-corrected chi connectivity index (χ4v) is 4.54. The molecule has 1 aliphatic heterocycles. The lowest BCUT2D eigenvalue weighted by Crippen LogP contribution is -2.41. The molecule has 2 N–H and O–H groups in total. The summed E-state index contributed by atoms with van der Waals surface area (Å²) in [5.41, 5.74) is 1.17. The van der Waals surface area contributed by atoms with Crippen molar-refractivity contribution in [1.29, 1.82) is 0 Å². The summed E-state index contributed by atoms with van der Waals surface area (Å²) in [6.45, 7) is 9.01. The topological polar surface area (TPSA) is 86.3 Å². The summed E-state index contributed by atoms with van der Waals surface area (Å²) < 4.78 is 26.8. The Morgan fingerprint density at radius 1 is 1.33 bits per heavy atom. The number of rotatable bonds is 3. The van der Waals surface area contributed by atoms with Crippen molar-refractivity contribution < 1.29 is 13.5 Å². The molecule has 2 rings (SSSR count). The Hall–Kier alpha value is -0.920. The van der Waals surface area contributed by atoms with Crippen molar-refractivity contribution in [3.8, 4) is 0 Å². The van der Waals surface area contributed by atoms with Gasteiger partial charge in [-0.25, -0.2) is 8.42 Å². The van der Waals surface area contributed by atoms with Gasteiger partial charge in [-0.15, -0.1) is 0 Å². The highest BCUT2D eigenvalue weighted by atomic mass is 32.2. The lowest BCUT2D eigenvalue weighted by atomic mass is 9.76. The van der Waals surface area contributed by atoms with Gasteiger partial charge < -0.3 is 5.11 Å². The van der Waals surface area contributed by atoms with E-state index in [1.54, 1.807) is 6.92 Å². The maximum Gasteiger partial charge on any atom is 0.262 e. The number of hydrogen-bond donors (Lipinski definition) is 2. The van der Waals surface area contributed by atoms with Crippen LogP contribution in [-0.2, 0) is 16.6 Å². The van der Waals surface area contributed by atoms with Crippen LogP contribution >= 0.6 is 0 Å². The Bertz CT molecular complexity index is 593. The lowest BCUT2D eigenvalue weighted by Gasteiger charge is -2.37. The van der Waals surface area contributed by atoms with Crippen molar-refractivity contribution >= 4 is 10.0 Å². The van der Waals surface area contributed by atoms with Crippen molar-refractivity contribution in [3.05, 3.63) is 11.3 Å². The van der Waals surface area contributed by atoms with Gasteiger partial charge in [-0.3, -0.25) is 5.10 Å². The van der Waals surface area contributed by atoms with E-state index in [0.717, 1.165) is 12.8 Å². The summed E-state index contributed by atoms with van der Waals surface area (Å²) in [7, 11) is -3.62. The van der Waals surface area contributed by atoms with E-state index in [1.165, 1.54) is 4.31 Å². The minimum Gasteiger partial charge on any atom is -0.392 e. The fraction of sp³-hybridized carbons (Fsp3) is 0.786. The molecule has 2 heterocycles. The van der Waals surface area contributed by atoms with Crippen LogP contribution in [0.3, 0.4) is 0 Å². The molecule has 0 amide bonds. The molecule has 21 heavy (non-hydrogen) atoms. The molecule has 1 fully saturated rings. The van der Waals surface area contributed by atoms with Crippen molar-refractivity contribution in [3.63, 3.8) is 0 Å². The van der Waals surface area contributed by atoms with Crippen molar-refractivity contribution in [2.24, 2.45) is 11.3 Å². The fourth-order valence-electron chi connectivity index (χ4n) is 2.91. The van der Waals surface area contributed by atoms with Gasteiger partial charge >= 0.3 is 0 Å². The van der Waals surface area contributed by atoms with Crippen LogP contribution in [0.2, 0.25) is 0 Å². The number of piperidine rings is 1. The van der Waals surface area contributed by atoms with E-state index in [9.17, 15) is 13.5 Å². The largest absolute Gasteiger partial charge is 0.392 e. The smallest absolute Gasteiger partial charge is 0.262 e. The van der Waals surface area contributed by atoms with E-state index in [0.29, 0.717) is 30.3 Å². The molecule has 1 aromatic rings. The SMILES string of the molecule is Cc1[nH]nc(S(=O)(=O)N2CCC(C(C)(C)C)CC2)c1CO. The molecule has 1 aliphatic rings. The van der Waals surface area contributed by atoms with E-state index in [2.05, 4.69) is 31.0 Å². The Labute approximate surface area is 126 Å². The minimum absolute atomic E-state index is 0.0308.